The second kappa shape index (κ2) is 13.0. The SMILES string of the molecule is CN1CCC(c2ccc(-c3cc4cnc(Nc5ccc(C6CNCCS6)cc5)nc4n(Cc4nccs4)c3=O)c(Cl)c2)CC1. The molecular weight excluding hydrogens is 610 g/mol. The van der Waals surface area contributed by atoms with Gasteiger partial charge in [0.15, 0.2) is 0 Å². The summed E-state index contributed by atoms with van der Waals surface area (Å²) in [6, 6.07) is 16.4. The van der Waals surface area contributed by atoms with Crippen LogP contribution < -0.4 is 16.2 Å². The Morgan fingerprint density at radius 1 is 1.05 bits per heavy atom. The molecule has 2 aliphatic heterocycles. The number of anilines is 2. The highest BCUT2D eigenvalue weighted by molar-refractivity contribution is 7.99. The molecule has 226 valence electrons. The average Bonchev–Trinajstić information content (AvgIpc) is 3.57. The van der Waals surface area contributed by atoms with E-state index in [-0.39, 0.29) is 5.56 Å². The van der Waals surface area contributed by atoms with E-state index in [0.29, 0.717) is 39.9 Å². The van der Waals surface area contributed by atoms with Gasteiger partial charge in [0, 0.05) is 69.1 Å². The molecule has 0 aliphatic carbocycles. The standard InChI is InChI=1S/C33H34ClN7OS2/c1-40-12-8-21(9-13-40)23-4-7-26(28(34)17-23)27-16-24-18-37-33(39-31(24)41(32(27)42)20-30-36-11-15-44-30)38-25-5-2-22(3-6-25)29-19-35-10-14-43-29/h2-7,11,15-18,21,29,35H,8-10,12-14,19-20H2,1H3,(H,37,38,39). The van der Waals surface area contributed by atoms with E-state index < -0.39 is 0 Å². The van der Waals surface area contributed by atoms with Crippen LogP contribution in [0.15, 0.2) is 71.1 Å². The quantitative estimate of drug-likeness (QED) is 0.207. The van der Waals surface area contributed by atoms with Crippen LogP contribution in [-0.2, 0) is 6.54 Å². The molecule has 0 amide bonds. The minimum atomic E-state index is -0.158. The van der Waals surface area contributed by atoms with E-state index in [2.05, 4.69) is 62.9 Å². The van der Waals surface area contributed by atoms with Crippen molar-refractivity contribution in [1.29, 1.82) is 0 Å². The fraction of sp³-hybridized carbons (Fsp3) is 0.333. The lowest BCUT2D eigenvalue weighted by atomic mass is 9.88. The number of pyridine rings is 1. The number of aromatic nitrogens is 4. The van der Waals surface area contributed by atoms with Crippen molar-refractivity contribution in [2.45, 2.75) is 30.6 Å². The number of hydrogen-bond donors (Lipinski definition) is 2. The predicted octanol–water partition coefficient (Wildman–Crippen LogP) is 6.55. The van der Waals surface area contributed by atoms with E-state index >= 15 is 0 Å². The van der Waals surface area contributed by atoms with Gasteiger partial charge in [-0.3, -0.25) is 9.36 Å². The molecule has 2 fully saturated rings. The lowest BCUT2D eigenvalue weighted by Gasteiger charge is -2.29. The van der Waals surface area contributed by atoms with Crippen LogP contribution >= 0.6 is 34.7 Å². The summed E-state index contributed by atoms with van der Waals surface area (Å²) in [5, 5.41) is 11.3. The number of nitrogens with zero attached hydrogens (tertiary/aromatic N) is 5. The van der Waals surface area contributed by atoms with E-state index in [9.17, 15) is 4.79 Å². The Morgan fingerprint density at radius 3 is 2.59 bits per heavy atom. The molecule has 7 rings (SSSR count). The summed E-state index contributed by atoms with van der Waals surface area (Å²) in [5.41, 5.74) is 5.07. The van der Waals surface area contributed by atoms with Crippen LogP contribution in [0.5, 0.6) is 0 Å². The minimum Gasteiger partial charge on any atom is -0.324 e. The number of likely N-dealkylation sites (tertiary alicyclic amines) is 1. The Balaban J connectivity index is 1.22. The summed E-state index contributed by atoms with van der Waals surface area (Å²) in [5.74, 6) is 2.03. The largest absolute Gasteiger partial charge is 0.324 e. The van der Waals surface area contributed by atoms with Crippen molar-refractivity contribution in [3.63, 3.8) is 0 Å². The lowest BCUT2D eigenvalue weighted by molar-refractivity contribution is 0.255. The molecule has 0 radical (unpaired) electrons. The smallest absolute Gasteiger partial charge is 0.260 e. The molecule has 0 bridgehead atoms. The number of piperidine rings is 1. The van der Waals surface area contributed by atoms with Crippen molar-refractivity contribution in [1.82, 2.24) is 29.7 Å². The van der Waals surface area contributed by atoms with Gasteiger partial charge in [0.2, 0.25) is 5.95 Å². The Kier molecular flexibility index (Phi) is 8.69. The summed E-state index contributed by atoms with van der Waals surface area (Å²) >= 11 is 10.4. The predicted molar refractivity (Wildman–Crippen MR) is 183 cm³/mol. The molecule has 44 heavy (non-hydrogen) atoms. The number of rotatable bonds is 7. The Morgan fingerprint density at radius 2 is 1.86 bits per heavy atom. The van der Waals surface area contributed by atoms with E-state index in [1.54, 1.807) is 17.0 Å². The minimum absolute atomic E-state index is 0.158. The van der Waals surface area contributed by atoms with Crippen molar-refractivity contribution in [2.75, 3.05) is 44.3 Å². The first-order valence-electron chi connectivity index (χ1n) is 15.0. The van der Waals surface area contributed by atoms with E-state index in [1.807, 2.05) is 35.3 Å². The second-order valence-electron chi connectivity index (χ2n) is 11.5. The summed E-state index contributed by atoms with van der Waals surface area (Å²) < 4.78 is 1.69. The molecule has 3 aromatic heterocycles. The van der Waals surface area contributed by atoms with Crippen LogP contribution in [0.2, 0.25) is 5.02 Å². The first kappa shape index (κ1) is 29.4. The molecule has 1 atom stereocenters. The van der Waals surface area contributed by atoms with Crippen LogP contribution in [-0.4, -0.2) is 63.4 Å². The highest BCUT2D eigenvalue weighted by atomic mass is 35.5. The molecule has 2 aromatic carbocycles. The number of hydrogen-bond acceptors (Lipinski definition) is 9. The van der Waals surface area contributed by atoms with Gasteiger partial charge in [-0.05, 0) is 74.3 Å². The van der Waals surface area contributed by atoms with Crippen molar-refractivity contribution in [3.8, 4) is 11.1 Å². The van der Waals surface area contributed by atoms with Crippen molar-refractivity contribution in [3.05, 3.63) is 97.8 Å². The monoisotopic (exact) mass is 643 g/mol. The van der Waals surface area contributed by atoms with Crippen LogP contribution in [0.3, 0.4) is 0 Å². The number of nitrogens with one attached hydrogen (secondary N) is 2. The third-order valence-corrected chi connectivity index (χ3v) is 10.9. The van der Waals surface area contributed by atoms with Crippen molar-refractivity contribution < 1.29 is 0 Å². The summed E-state index contributed by atoms with van der Waals surface area (Å²) in [6.07, 6.45) is 5.74. The van der Waals surface area contributed by atoms with Gasteiger partial charge in [0.05, 0.1) is 6.54 Å². The van der Waals surface area contributed by atoms with Crippen LogP contribution in [0.4, 0.5) is 11.6 Å². The van der Waals surface area contributed by atoms with Gasteiger partial charge >= 0.3 is 0 Å². The molecule has 1 unspecified atom stereocenters. The van der Waals surface area contributed by atoms with Gasteiger partial charge in [0.25, 0.3) is 5.56 Å². The molecule has 11 heteroatoms. The van der Waals surface area contributed by atoms with Gasteiger partial charge in [0.1, 0.15) is 10.7 Å². The zero-order chi connectivity index (χ0) is 30.0. The lowest BCUT2D eigenvalue weighted by Crippen LogP contribution is -2.29. The number of halogens is 1. The maximum absolute atomic E-state index is 14.1. The normalized spacial score (nSPS) is 18.1. The van der Waals surface area contributed by atoms with Crippen molar-refractivity contribution in [2.24, 2.45) is 0 Å². The van der Waals surface area contributed by atoms with Crippen LogP contribution in [0.25, 0.3) is 22.2 Å². The molecule has 0 saturated carbocycles. The highest BCUT2D eigenvalue weighted by Crippen LogP contribution is 2.35. The first-order chi connectivity index (χ1) is 21.5. The molecule has 0 spiro atoms. The third kappa shape index (κ3) is 6.27. The fourth-order valence-corrected chi connectivity index (χ4v) is 8.09. The van der Waals surface area contributed by atoms with Gasteiger partial charge < -0.3 is 15.5 Å². The molecule has 5 heterocycles. The maximum Gasteiger partial charge on any atom is 0.260 e. The maximum atomic E-state index is 14.1. The Hall–Kier alpha value is -3.28. The summed E-state index contributed by atoms with van der Waals surface area (Å²) in [6.45, 7) is 4.51. The van der Waals surface area contributed by atoms with E-state index in [1.165, 1.54) is 22.5 Å². The number of thioether (sulfide) groups is 1. The molecule has 2 aliphatic rings. The molecule has 2 N–H and O–H groups in total. The molecule has 5 aromatic rings. The summed E-state index contributed by atoms with van der Waals surface area (Å²) in [4.78, 5) is 30.4. The molecule has 2 saturated heterocycles. The van der Waals surface area contributed by atoms with E-state index in [4.69, 9.17) is 16.6 Å². The molecule has 8 nitrogen and oxygen atoms in total. The third-order valence-electron chi connectivity index (χ3n) is 8.54. The van der Waals surface area contributed by atoms with E-state index in [0.717, 1.165) is 66.4 Å². The number of benzene rings is 2. The van der Waals surface area contributed by atoms with Gasteiger partial charge in [-0.15, -0.1) is 11.3 Å². The zero-order valence-corrected chi connectivity index (χ0v) is 26.9. The van der Waals surface area contributed by atoms with Gasteiger partial charge in [-0.2, -0.15) is 16.7 Å². The zero-order valence-electron chi connectivity index (χ0n) is 24.5. The Bertz CT molecular complexity index is 1810. The average molecular weight is 644 g/mol. The van der Waals surface area contributed by atoms with Gasteiger partial charge in [-0.25, -0.2) is 9.97 Å². The van der Waals surface area contributed by atoms with Gasteiger partial charge in [-0.1, -0.05) is 35.9 Å². The molecular formula is C33H34ClN7OS2. The number of fused-ring (bicyclic) bond motifs is 1. The highest BCUT2D eigenvalue weighted by Gasteiger charge is 2.21. The van der Waals surface area contributed by atoms with Crippen LogP contribution in [0.1, 0.15) is 40.1 Å². The Labute approximate surface area is 269 Å². The fourth-order valence-electron chi connectivity index (χ4n) is 6.06. The van der Waals surface area contributed by atoms with Crippen LogP contribution in [0, 0.1) is 0 Å². The topological polar surface area (TPSA) is 88.0 Å². The first-order valence-corrected chi connectivity index (χ1v) is 17.3. The number of thiazole rings is 1. The second-order valence-corrected chi connectivity index (χ2v) is 14.2. The summed E-state index contributed by atoms with van der Waals surface area (Å²) in [7, 11) is 2.16. The van der Waals surface area contributed by atoms with Crippen molar-refractivity contribution >= 4 is 57.4 Å².